The van der Waals surface area contributed by atoms with Crippen molar-refractivity contribution < 1.29 is 24.2 Å². The van der Waals surface area contributed by atoms with Gasteiger partial charge in [-0.15, -0.1) is 0 Å². The summed E-state index contributed by atoms with van der Waals surface area (Å²) in [5.74, 6) is -0.158. The quantitative estimate of drug-likeness (QED) is 0.842. The Balaban J connectivity index is 1.45. The van der Waals surface area contributed by atoms with Gasteiger partial charge < -0.3 is 24.8 Å². The van der Waals surface area contributed by atoms with Crippen LogP contribution in [0.15, 0.2) is 54.6 Å². The number of carbonyl (C=O) groups excluding carboxylic acids is 2. The van der Waals surface area contributed by atoms with Crippen molar-refractivity contribution in [2.24, 2.45) is 0 Å². The van der Waals surface area contributed by atoms with Crippen molar-refractivity contribution in [2.45, 2.75) is 12.7 Å². The fourth-order valence-electron chi connectivity index (χ4n) is 2.74. The van der Waals surface area contributed by atoms with Crippen LogP contribution in [0.5, 0.6) is 5.75 Å². The smallest absolute Gasteiger partial charge is 0.410 e. The van der Waals surface area contributed by atoms with Crippen molar-refractivity contribution in [2.75, 3.05) is 26.2 Å². The number of hydrogen-bond donors (Lipinski definition) is 2. The molecule has 1 heterocycles. The molecule has 1 atom stereocenters. The second kappa shape index (κ2) is 9.05. The third-order valence-corrected chi connectivity index (χ3v) is 4.22. The Morgan fingerprint density at radius 1 is 1.15 bits per heavy atom. The molecule has 2 aromatic rings. The Hall–Kier alpha value is -3.06. The normalized spacial score (nSPS) is 16.6. The van der Waals surface area contributed by atoms with Gasteiger partial charge in [-0.1, -0.05) is 30.3 Å². The van der Waals surface area contributed by atoms with Gasteiger partial charge >= 0.3 is 6.09 Å². The van der Waals surface area contributed by atoms with Crippen LogP contribution in [0.3, 0.4) is 0 Å². The molecule has 0 saturated carbocycles. The van der Waals surface area contributed by atoms with Crippen molar-refractivity contribution in [3.8, 4) is 5.75 Å². The number of nitrogens with zero attached hydrogens (tertiary/aromatic N) is 1. The highest BCUT2D eigenvalue weighted by Crippen LogP contribution is 2.11. The molecule has 3 rings (SSSR count). The monoisotopic (exact) mass is 370 g/mol. The van der Waals surface area contributed by atoms with E-state index >= 15 is 0 Å². The number of carbonyl (C=O) groups is 2. The summed E-state index contributed by atoms with van der Waals surface area (Å²) in [6.45, 7) is 1.70. The molecule has 0 radical (unpaired) electrons. The van der Waals surface area contributed by atoms with E-state index < -0.39 is 6.09 Å². The maximum Gasteiger partial charge on any atom is 0.410 e. The number of phenols is 1. The maximum absolute atomic E-state index is 12.2. The van der Waals surface area contributed by atoms with E-state index in [1.54, 1.807) is 17.0 Å². The zero-order valence-corrected chi connectivity index (χ0v) is 14.8. The summed E-state index contributed by atoms with van der Waals surface area (Å²) in [7, 11) is 0. The molecule has 1 saturated heterocycles. The molecule has 0 aromatic heterocycles. The summed E-state index contributed by atoms with van der Waals surface area (Å²) in [5, 5.41) is 12.0. The maximum atomic E-state index is 12.2. The largest absolute Gasteiger partial charge is 0.508 e. The summed E-state index contributed by atoms with van der Waals surface area (Å²) in [5.41, 5.74) is 1.37. The molecule has 2 N–H and O–H groups in total. The van der Waals surface area contributed by atoms with Crippen molar-refractivity contribution in [3.63, 3.8) is 0 Å². The number of rotatable bonds is 5. The van der Waals surface area contributed by atoms with Gasteiger partial charge in [0, 0.05) is 18.7 Å². The Labute approximate surface area is 157 Å². The van der Waals surface area contributed by atoms with Gasteiger partial charge in [-0.2, -0.15) is 0 Å². The summed E-state index contributed by atoms with van der Waals surface area (Å²) in [4.78, 5) is 26.0. The predicted octanol–water partition coefficient (Wildman–Crippen LogP) is 2.16. The van der Waals surface area contributed by atoms with Crippen molar-refractivity contribution in [3.05, 3.63) is 65.7 Å². The average molecular weight is 370 g/mol. The minimum Gasteiger partial charge on any atom is -0.508 e. The van der Waals surface area contributed by atoms with Gasteiger partial charge in [0.1, 0.15) is 12.4 Å². The lowest BCUT2D eigenvalue weighted by Gasteiger charge is -2.32. The topological polar surface area (TPSA) is 88.1 Å². The van der Waals surface area contributed by atoms with E-state index in [0.717, 1.165) is 5.56 Å². The number of nitrogens with one attached hydrogen (secondary N) is 1. The number of hydrogen-bond acceptors (Lipinski definition) is 5. The molecule has 2 amide bonds. The van der Waals surface area contributed by atoms with Crippen LogP contribution < -0.4 is 5.32 Å². The minimum atomic E-state index is -0.392. The molecule has 142 valence electrons. The highest BCUT2D eigenvalue weighted by atomic mass is 16.6. The van der Waals surface area contributed by atoms with Crippen LogP contribution in [-0.4, -0.2) is 54.4 Å². The van der Waals surface area contributed by atoms with Crippen molar-refractivity contribution in [1.29, 1.82) is 0 Å². The number of morpholine rings is 1. The lowest BCUT2D eigenvalue weighted by atomic mass is 10.2. The molecule has 0 bridgehead atoms. The number of benzene rings is 2. The molecule has 1 aliphatic rings. The van der Waals surface area contributed by atoms with Crippen LogP contribution in [-0.2, 0) is 16.1 Å². The average Bonchev–Trinajstić information content (AvgIpc) is 2.71. The zero-order valence-electron chi connectivity index (χ0n) is 14.8. The van der Waals surface area contributed by atoms with Gasteiger partial charge in [-0.25, -0.2) is 4.79 Å². The van der Waals surface area contributed by atoms with Gasteiger partial charge in [0.2, 0.25) is 0 Å². The Morgan fingerprint density at radius 3 is 2.63 bits per heavy atom. The Morgan fingerprint density at radius 2 is 1.89 bits per heavy atom. The molecular weight excluding hydrogens is 348 g/mol. The van der Waals surface area contributed by atoms with Crippen LogP contribution in [0.25, 0.3) is 0 Å². The summed E-state index contributed by atoms with van der Waals surface area (Å²) < 4.78 is 11.0. The van der Waals surface area contributed by atoms with E-state index in [0.29, 0.717) is 25.3 Å². The third kappa shape index (κ3) is 5.46. The van der Waals surface area contributed by atoms with Crippen molar-refractivity contribution >= 4 is 12.0 Å². The third-order valence-electron chi connectivity index (χ3n) is 4.22. The van der Waals surface area contributed by atoms with Gasteiger partial charge in [0.25, 0.3) is 5.91 Å². The molecule has 27 heavy (non-hydrogen) atoms. The summed E-state index contributed by atoms with van der Waals surface area (Å²) >= 11 is 0. The molecule has 7 heteroatoms. The van der Waals surface area contributed by atoms with E-state index in [2.05, 4.69) is 5.32 Å². The predicted molar refractivity (Wildman–Crippen MR) is 98.4 cm³/mol. The van der Waals surface area contributed by atoms with E-state index in [4.69, 9.17) is 9.47 Å². The van der Waals surface area contributed by atoms with Gasteiger partial charge in [-0.3, -0.25) is 4.79 Å². The van der Waals surface area contributed by atoms with Crippen LogP contribution in [0.2, 0.25) is 0 Å². The standard InChI is InChI=1S/C20H22N2O5/c23-17-8-6-16(7-9-17)19(24)21-12-18-13-22(10-11-26-18)20(25)27-14-15-4-2-1-3-5-15/h1-9,18,23H,10-14H2,(H,21,24). The number of phenolic OH excluding ortho intramolecular Hbond substituents is 1. The molecule has 1 aliphatic heterocycles. The van der Waals surface area contributed by atoms with Crippen LogP contribution in [0, 0.1) is 0 Å². The number of ether oxygens (including phenoxy) is 2. The van der Waals surface area contributed by atoms with Gasteiger partial charge in [0.05, 0.1) is 19.3 Å². The molecule has 0 spiro atoms. The fourth-order valence-corrected chi connectivity index (χ4v) is 2.74. The highest BCUT2D eigenvalue weighted by molar-refractivity contribution is 5.94. The first kappa shape index (κ1) is 18.7. The molecular formula is C20H22N2O5. The van der Waals surface area contributed by atoms with E-state index in [1.165, 1.54) is 12.1 Å². The summed E-state index contributed by atoms with van der Waals surface area (Å²) in [6.07, 6.45) is -0.693. The van der Waals surface area contributed by atoms with Gasteiger partial charge in [-0.05, 0) is 29.8 Å². The second-order valence-electron chi connectivity index (χ2n) is 6.24. The van der Waals surface area contributed by atoms with Crippen LogP contribution in [0.4, 0.5) is 4.79 Å². The molecule has 1 unspecified atom stereocenters. The van der Waals surface area contributed by atoms with E-state index in [9.17, 15) is 14.7 Å². The first-order valence-corrected chi connectivity index (χ1v) is 8.76. The minimum absolute atomic E-state index is 0.104. The number of aromatic hydroxyl groups is 1. The van der Waals surface area contributed by atoms with E-state index in [1.807, 2.05) is 30.3 Å². The second-order valence-corrected chi connectivity index (χ2v) is 6.24. The molecule has 1 fully saturated rings. The fraction of sp³-hybridized carbons (Fsp3) is 0.300. The highest BCUT2D eigenvalue weighted by Gasteiger charge is 2.25. The van der Waals surface area contributed by atoms with E-state index in [-0.39, 0.29) is 30.9 Å². The summed E-state index contributed by atoms with van der Waals surface area (Å²) in [6, 6.07) is 15.5. The first-order chi connectivity index (χ1) is 13.1. The molecule has 0 aliphatic carbocycles. The zero-order chi connectivity index (χ0) is 19.1. The van der Waals surface area contributed by atoms with Crippen molar-refractivity contribution in [1.82, 2.24) is 10.2 Å². The SMILES string of the molecule is O=C(NCC1CN(C(=O)OCc2ccccc2)CCO1)c1ccc(O)cc1. The lowest BCUT2D eigenvalue weighted by Crippen LogP contribution is -2.49. The van der Waals surface area contributed by atoms with Crippen LogP contribution in [0.1, 0.15) is 15.9 Å². The van der Waals surface area contributed by atoms with Crippen LogP contribution >= 0.6 is 0 Å². The Bertz CT molecular complexity index is 764. The van der Waals surface area contributed by atoms with Gasteiger partial charge in [0.15, 0.2) is 0 Å². The molecule has 2 aromatic carbocycles. The number of amides is 2. The first-order valence-electron chi connectivity index (χ1n) is 8.76. The molecule has 7 nitrogen and oxygen atoms in total. The lowest BCUT2D eigenvalue weighted by molar-refractivity contribution is -0.0263. The Kier molecular flexibility index (Phi) is 6.27.